The van der Waals surface area contributed by atoms with Gasteiger partial charge < -0.3 is 55.6 Å². The molecule has 4 heterocycles. The number of phosphoric acid groups is 2. The van der Waals surface area contributed by atoms with Crippen molar-refractivity contribution in [2.45, 2.75) is 55.2 Å². The van der Waals surface area contributed by atoms with Crippen molar-refractivity contribution in [2.24, 2.45) is 0 Å². The first-order valence-corrected chi connectivity index (χ1v) is 13.9. The van der Waals surface area contributed by atoms with Gasteiger partial charge >= 0.3 is 15.6 Å². The second-order valence-corrected chi connectivity index (χ2v) is 11.4. The number of aromatic amines is 1. The molecule has 0 radical (unpaired) electrons. The van der Waals surface area contributed by atoms with Gasteiger partial charge in [-0.25, -0.2) is 14.1 Å². The number of nitrogen functional groups attached to an aromatic ring is 1. The number of phosphoric ester groups is 2. The molecule has 2 aliphatic rings. The zero-order valence-corrected chi connectivity index (χ0v) is 21.1. The van der Waals surface area contributed by atoms with Crippen molar-refractivity contribution in [1.82, 2.24) is 19.5 Å². The Kier molecular flexibility index (Phi) is 8.60. The Morgan fingerprint density at radius 2 is 1.67 bits per heavy atom. The van der Waals surface area contributed by atoms with Crippen molar-refractivity contribution in [3.63, 3.8) is 0 Å². The van der Waals surface area contributed by atoms with Gasteiger partial charge in [0.1, 0.15) is 42.7 Å². The Balaban J connectivity index is 1.39. The highest BCUT2D eigenvalue weighted by atomic mass is 31.3. The van der Waals surface area contributed by atoms with E-state index >= 15 is 0 Å². The van der Waals surface area contributed by atoms with Gasteiger partial charge in [0.2, 0.25) is 5.95 Å². The van der Waals surface area contributed by atoms with Gasteiger partial charge in [0.15, 0.2) is 23.7 Å². The van der Waals surface area contributed by atoms with E-state index in [2.05, 4.69) is 28.3 Å². The number of nitrogens with zero attached hydrogens (tertiary/aromatic N) is 3. The minimum Gasteiger partial charge on any atom is -0.394 e. The van der Waals surface area contributed by atoms with Gasteiger partial charge in [-0.15, -0.1) is 0 Å². The third-order valence-electron chi connectivity index (χ3n) is 5.76. The number of fused-ring (bicyclic) bond motifs is 1. The first-order valence-electron chi connectivity index (χ1n) is 10.9. The lowest BCUT2D eigenvalue weighted by atomic mass is 10.00. The maximum atomic E-state index is 12.3. The molecule has 2 aromatic rings. The fourth-order valence-electron chi connectivity index (χ4n) is 3.85. The molecular formula is C16H25N5O16P2. The molecule has 0 bridgehead atoms. The van der Waals surface area contributed by atoms with Gasteiger partial charge in [-0.05, 0) is 0 Å². The minimum atomic E-state index is -5.60. The number of aliphatic hydroxyl groups excluding tert-OH is 6. The number of hydrogen-bond donors (Lipinski definition) is 10. The summed E-state index contributed by atoms with van der Waals surface area (Å²) in [5, 5.41) is 59.2. The largest absolute Gasteiger partial charge is 0.483 e. The van der Waals surface area contributed by atoms with Crippen molar-refractivity contribution < 1.29 is 72.4 Å². The molecule has 7 unspecified atom stereocenters. The van der Waals surface area contributed by atoms with E-state index in [1.807, 2.05) is 0 Å². The molecule has 39 heavy (non-hydrogen) atoms. The van der Waals surface area contributed by atoms with Crippen LogP contribution in [0.15, 0.2) is 11.1 Å². The summed E-state index contributed by atoms with van der Waals surface area (Å²) < 4.78 is 49.1. The highest BCUT2D eigenvalue weighted by Gasteiger charge is 2.49. The molecule has 0 amide bonds. The van der Waals surface area contributed by atoms with Gasteiger partial charge in [0, 0.05) is 0 Å². The van der Waals surface area contributed by atoms with Gasteiger partial charge in [0.05, 0.1) is 19.5 Å². The van der Waals surface area contributed by atoms with E-state index in [1.165, 1.54) is 0 Å². The standard InChI is InChI=1S/C16H25N5O16P2/c17-16-19-12-6(13(28)20-16)18-3-21(12)14-10(26)8(24)5(34-14)2-33-38(29,30)37-39(31,32)36-15-11(27)9(25)7(23)4(1-22)35-15/h3-5,7-11,14-15,22-27H,1-2H2,(H,29,30)(H,31,32)(H3,17,19,20,28)/t4?,5-,7+,8?,9?,10?,11?,14-,15+/m1/s1. The Bertz CT molecular complexity index is 1340. The molecule has 21 nitrogen and oxygen atoms in total. The maximum Gasteiger partial charge on any atom is 0.483 e. The van der Waals surface area contributed by atoms with E-state index in [-0.39, 0.29) is 17.1 Å². The average molecular weight is 605 g/mol. The molecule has 23 heteroatoms. The van der Waals surface area contributed by atoms with Crippen LogP contribution in [-0.4, -0.2) is 122 Å². The third-order valence-corrected chi connectivity index (χ3v) is 8.36. The van der Waals surface area contributed by atoms with Crippen molar-refractivity contribution >= 4 is 32.8 Å². The summed E-state index contributed by atoms with van der Waals surface area (Å²) >= 11 is 0. The predicted molar refractivity (Wildman–Crippen MR) is 120 cm³/mol. The molecular weight excluding hydrogens is 580 g/mol. The van der Waals surface area contributed by atoms with Crippen LogP contribution in [0.3, 0.4) is 0 Å². The number of imidazole rings is 1. The molecule has 0 spiro atoms. The fraction of sp³-hybridized carbons (Fsp3) is 0.688. The Morgan fingerprint density at radius 3 is 2.33 bits per heavy atom. The zero-order valence-electron chi connectivity index (χ0n) is 19.3. The van der Waals surface area contributed by atoms with Crippen molar-refractivity contribution in [2.75, 3.05) is 18.9 Å². The Hall–Kier alpha value is -1.91. The summed E-state index contributed by atoms with van der Waals surface area (Å²) in [5.41, 5.74) is 4.54. The molecule has 11 N–H and O–H groups in total. The summed E-state index contributed by atoms with van der Waals surface area (Å²) in [6, 6.07) is 0. The molecule has 220 valence electrons. The van der Waals surface area contributed by atoms with Crippen molar-refractivity contribution in [3.8, 4) is 0 Å². The molecule has 0 saturated carbocycles. The maximum absolute atomic E-state index is 12.3. The molecule has 2 saturated heterocycles. The van der Waals surface area contributed by atoms with Crippen LogP contribution in [0.4, 0.5) is 5.95 Å². The highest BCUT2D eigenvalue weighted by molar-refractivity contribution is 7.61. The van der Waals surface area contributed by atoms with E-state index in [0.29, 0.717) is 0 Å². The fourth-order valence-corrected chi connectivity index (χ4v) is 6.01. The van der Waals surface area contributed by atoms with Crippen LogP contribution in [-0.2, 0) is 32.0 Å². The van der Waals surface area contributed by atoms with Crippen LogP contribution in [0.5, 0.6) is 0 Å². The van der Waals surface area contributed by atoms with E-state index in [4.69, 9.17) is 20.3 Å². The smallest absolute Gasteiger partial charge is 0.394 e. The topological polar surface area (TPSA) is 332 Å². The van der Waals surface area contributed by atoms with Gasteiger partial charge in [0.25, 0.3) is 5.56 Å². The van der Waals surface area contributed by atoms with Crippen LogP contribution in [0.2, 0.25) is 0 Å². The number of ether oxygens (including phenoxy) is 2. The molecule has 2 fully saturated rings. The quantitative estimate of drug-likeness (QED) is 0.120. The second kappa shape index (κ2) is 11.2. The lowest BCUT2D eigenvalue weighted by Gasteiger charge is -2.39. The SMILES string of the molecule is Nc1nc2c(ncn2[C@@H]2O[C@H](COP(=O)(O)OP(=O)(O)O[C@@H]3OC(CO)[C@H](O)C(O)C3O)C(O)C2O)c(=O)[nH]1. The van der Waals surface area contributed by atoms with Crippen LogP contribution in [0.25, 0.3) is 11.2 Å². The number of rotatable bonds is 9. The van der Waals surface area contributed by atoms with Gasteiger partial charge in [-0.3, -0.25) is 23.4 Å². The van der Waals surface area contributed by atoms with Crippen LogP contribution < -0.4 is 11.3 Å². The van der Waals surface area contributed by atoms with Crippen molar-refractivity contribution in [3.05, 3.63) is 16.7 Å². The van der Waals surface area contributed by atoms with Crippen LogP contribution in [0.1, 0.15) is 6.23 Å². The molecule has 2 aliphatic heterocycles. The van der Waals surface area contributed by atoms with Crippen LogP contribution in [0, 0.1) is 0 Å². The van der Waals surface area contributed by atoms with Crippen LogP contribution >= 0.6 is 15.6 Å². The molecule has 0 aromatic carbocycles. The van der Waals surface area contributed by atoms with E-state index in [9.17, 15) is 49.2 Å². The lowest BCUT2D eigenvalue weighted by Crippen LogP contribution is -2.58. The third kappa shape index (κ3) is 6.22. The first kappa shape index (κ1) is 30.1. The Labute approximate surface area is 216 Å². The van der Waals surface area contributed by atoms with E-state index in [0.717, 1.165) is 10.9 Å². The highest BCUT2D eigenvalue weighted by Crippen LogP contribution is 2.61. The summed E-state index contributed by atoms with van der Waals surface area (Å²) in [5.74, 6) is -0.278. The van der Waals surface area contributed by atoms with Gasteiger partial charge in [-0.1, -0.05) is 0 Å². The number of hydrogen-bond acceptors (Lipinski definition) is 17. The lowest BCUT2D eigenvalue weighted by molar-refractivity contribution is -0.280. The zero-order chi connectivity index (χ0) is 28.9. The first-order chi connectivity index (χ1) is 18.1. The number of aliphatic hydroxyl groups is 6. The normalized spacial score (nSPS) is 36.6. The number of nitrogens with two attached hydrogens (primary N) is 1. The minimum absolute atomic E-state index is 0.114. The molecule has 2 aromatic heterocycles. The number of nitrogens with one attached hydrogen (secondary N) is 1. The molecule has 11 atom stereocenters. The number of anilines is 1. The van der Waals surface area contributed by atoms with E-state index < -0.39 is 89.7 Å². The second-order valence-electron chi connectivity index (χ2n) is 8.44. The predicted octanol–water partition coefficient (Wildman–Crippen LogP) is -4.63. The van der Waals surface area contributed by atoms with E-state index in [1.54, 1.807) is 0 Å². The summed E-state index contributed by atoms with van der Waals surface area (Å²) in [7, 11) is -11.1. The monoisotopic (exact) mass is 605 g/mol. The van der Waals surface area contributed by atoms with Crippen molar-refractivity contribution in [1.29, 1.82) is 0 Å². The van der Waals surface area contributed by atoms with Gasteiger partial charge in [-0.2, -0.15) is 9.29 Å². The summed E-state index contributed by atoms with van der Waals surface area (Å²) in [4.78, 5) is 41.7. The number of aromatic nitrogens is 4. The molecule has 0 aliphatic carbocycles. The average Bonchev–Trinajstić information content (AvgIpc) is 3.38. The summed E-state index contributed by atoms with van der Waals surface area (Å²) in [6.07, 6.45) is -15.0. The molecule has 4 rings (SSSR count). The summed E-state index contributed by atoms with van der Waals surface area (Å²) in [6.45, 7) is -1.89. The number of H-pyrrole nitrogens is 1. The Morgan fingerprint density at radius 1 is 1.00 bits per heavy atom.